The first-order chi connectivity index (χ1) is 16.4. The molecule has 3 aromatic rings. The molecule has 1 aromatic carbocycles. The number of rotatable bonds is 6. The summed E-state index contributed by atoms with van der Waals surface area (Å²) in [6.45, 7) is 3.88. The van der Waals surface area contributed by atoms with Gasteiger partial charge >= 0.3 is 11.9 Å². The van der Waals surface area contributed by atoms with Crippen molar-refractivity contribution in [2.75, 3.05) is 18.6 Å². The number of esters is 1. The number of aryl methyl sites for hydroxylation is 1. The average molecular weight is 480 g/mol. The number of ether oxygens (including phenoxy) is 2. The largest absolute Gasteiger partial charge is 0.507 e. The summed E-state index contributed by atoms with van der Waals surface area (Å²) < 4.78 is 10.4. The number of hydrogen-bond acceptors (Lipinski definition) is 9. The van der Waals surface area contributed by atoms with Crippen LogP contribution >= 0.6 is 11.3 Å². The maximum absolute atomic E-state index is 13.2. The second kappa shape index (κ2) is 9.44. The molecule has 10 heteroatoms. The normalized spacial score (nSPS) is 17.1. The molecule has 1 saturated heterocycles. The number of benzene rings is 1. The molecule has 1 aliphatic heterocycles. The molecule has 1 fully saturated rings. The first kappa shape index (κ1) is 23.1. The fraction of sp³-hybridized carbons (Fsp3) is 0.208. The number of pyridine rings is 1. The summed E-state index contributed by atoms with van der Waals surface area (Å²) >= 11 is 0.939. The van der Waals surface area contributed by atoms with Crippen molar-refractivity contribution >= 4 is 39.9 Å². The van der Waals surface area contributed by atoms with Gasteiger partial charge in [-0.3, -0.25) is 19.5 Å². The van der Waals surface area contributed by atoms with Crippen molar-refractivity contribution in [3.05, 3.63) is 76.1 Å². The highest BCUT2D eigenvalue weighted by Crippen LogP contribution is 2.44. The second-order valence-electron chi connectivity index (χ2n) is 7.31. The molecular formula is C24H21N3O6S. The van der Waals surface area contributed by atoms with Crippen LogP contribution in [-0.4, -0.2) is 46.5 Å². The maximum Gasteiger partial charge on any atom is 0.350 e. The number of aliphatic hydroxyl groups is 1. The summed E-state index contributed by atoms with van der Waals surface area (Å²) in [4.78, 5) is 48.3. The van der Waals surface area contributed by atoms with Gasteiger partial charge in [0.25, 0.3) is 5.78 Å². The van der Waals surface area contributed by atoms with E-state index in [-0.39, 0.29) is 21.3 Å². The predicted molar refractivity (Wildman–Crippen MR) is 125 cm³/mol. The van der Waals surface area contributed by atoms with Crippen molar-refractivity contribution in [1.82, 2.24) is 9.97 Å². The Morgan fingerprint density at radius 1 is 1.21 bits per heavy atom. The van der Waals surface area contributed by atoms with Gasteiger partial charge in [-0.15, -0.1) is 0 Å². The number of amides is 1. The Labute approximate surface area is 199 Å². The van der Waals surface area contributed by atoms with Crippen molar-refractivity contribution < 1.29 is 29.0 Å². The molecule has 0 radical (unpaired) electrons. The Kier molecular flexibility index (Phi) is 6.42. The highest BCUT2D eigenvalue weighted by atomic mass is 32.1. The van der Waals surface area contributed by atoms with Gasteiger partial charge in [-0.1, -0.05) is 23.5 Å². The van der Waals surface area contributed by atoms with Gasteiger partial charge in [0, 0.05) is 18.0 Å². The Hall–Kier alpha value is -4.05. The molecule has 174 valence electrons. The number of thiazole rings is 1. The van der Waals surface area contributed by atoms with Gasteiger partial charge in [0.15, 0.2) is 5.13 Å². The highest BCUT2D eigenvalue weighted by Gasteiger charge is 2.48. The van der Waals surface area contributed by atoms with Gasteiger partial charge in [0.1, 0.15) is 16.4 Å². The lowest BCUT2D eigenvalue weighted by molar-refractivity contribution is -0.132. The molecule has 4 rings (SSSR count). The van der Waals surface area contributed by atoms with E-state index in [9.17, 15) is 19.5 Å². The number of ketones is 1. The number of Topliss-reactive ketones (excluding diaryl/α,β-unsaturated/α-hetero) is 1. The number of carbonyl (C=O) groups excluding carboxylic acids is 3. The second-order valence-corrected chi connectivity index (χ2v) is 8.29. The van der Waals surface area contributed by atoms with Gasteiger partial charge < -0.3 is 14.6 Å². The van der Waals surface area contributed by atoms with Crippen molar-refractivity contribution in [3.63, 3.8) is 0 Å². The molecule has 0 saturated carbocycles. The van der Waals surface area contributed by atoms with Crippen LogP contribution in [0.5, 0.6) is 5.75 Å². The summed E-state index contributed by atoms with van der Waals surface area (Å²) in [6.07, 6.45) is 2.95. The SMILES string of the molecule is CCOc1cccc(C2C(=C(O)c3ccncc3)C(=O)C(=O)N2c2nc(C)c(C(=O)OC)s2)c1. The summed E-state index contributed by atoms with van der Waals surface area (Å²) in [7, 11) is 1.25. The minimum atomic E-state index is -0.996. The van der Waals surface area contributed by atoms with E-state index in [0.29, 0.717) is 29.2 Å². The molecule has 9 nitrogen and oxygen atoms in total. The van der Waals surface area contributed by atoms with Gasteiger partial charge in [-0.05, 0) is 43.7 Å². The van der Waals surface area contributed by atoms with Crippen molar-refractivity contribution in [3.8, 4) is 5.75 Å². The zero-order valence-corrected chi connectivity index (χ0v) is 19.5. The van der Waals surface area contributed by atoms with Gasteiger partial charge in [0.05, 0.1) is 31.0 Å². The van der Waals surface area contributed by atoms with Gasteiger partial charge in [-0.25, -0.2) is 9.78 Å². The molecule has 1 aliphatic rings. The van der Waals surface area contributed by atoms with E-state index in [4.69, 9.17) is 9.47 Å². The molecule has 1 atom stereocenters. The fourth-order valence-corrected chi connectivity index (χ4v) is 4.73. The first-order valence-corrected chi connectivity index (χ1v) is 11.2. The average Bonchev–Trinajstić information content (AvgIpc) is 3.36. The van der Waals surface area contributed by atoms with E-state index in [0.717, 1.165) is 11.3 Å². The van der Waals surface area contributed by atoms with Crippen molar-refractivity contribution in [1.29, 1.82) is 0 Å². The molecule has 0 aliphatic carbocycles. The number of aliphatic hydroxyl groups excluding tert-OH is 1. The van der Waals surface area contributed by atoms with Crippen LogP contribution in [0.2, 0.25) is 0 Å². The summed E-state index contributed by atoms with van der Waals surface area (Å²) in [6, 6.07) is 9.01. The lowest BCUT2D eigenvalue weighted by Gasteiger charge is -2.23. The number of methoxy groups -OCH3 is 1. The standard InChI is InChI=1S/C24H21N3O6S/c1-4-33-16-7-5-6-15(12-16)18-17(19(28)14-8-10-25-11-9-14)20(29)22(30)27(18)24-26-13(2)21(34-24)23(31)32-3/h5-12,18,28H,4H2,1-3H3. The Bertz CT molecular complexity index is 1300. The molecule has 3 heterocycles. The zero-order valence-electron chi connectivity index (χ0n) is 18.6. The van der Waals surface area contributed by atoms with Crippen LogP contribution in [0.15, 0.2) is 54.4 Å². The Balaban J connectivity index is 1.94. The van der Waals surface area contributed by atoms with E-state index < -0.39 is 23.7 Å². The van der Waals surface area contributed by atoms with Gasteiger partial charge in [-0.2, -0.15) is 0 Å². The van der Waals surface area contributed by atoms with E-state index in [1.165, 1.54) is 24.4 Å². The Morgan fingerprint density at radius 2 is 1.94 bits per heavy atom. The summed E-state index contributed by atoms with van der Waals surface area (Å²) in [5, 5.41) is 11.2. The molecule has 2 aromatic heterocycles. The van der Waals surface area contributed by atoms with E-state index >= 15 is 0 Å². The van der Waals surface area contributed by atoms with Crippen LogP contribution < -0.4 is 9.64 Å². The van der Waals surface area contributed by atoms with E-state index in [1.54, 1.807) is 43.3 Å². The lowest BCUT2D eigenvalue weighted by atomic mass is 9.95. The molecule has 0 bridgehead atoms. The maximum atomic E-state index is 13.2. The van der Waals surface area contributed by atoms with E-state index in [1.807, 2.05) is 6.92 Å². The third-order valence-electron chi connectivity index (χ3n) is 5.25. The topological polar surface area (TPSA) is 119 Å². The van der Waals surface area contributed by atoms with Crippen LogP contribution in [0.25, 0.3) is 5.76 Å². The fourth-order valence-electron chi connectivity index (χ4n) is 3.72. The monoisotopic (exact) mass is 479 g/mol. The van der Waals surface area contributed by atoms with Crippen LogP contribution in [-0.2, 0) is 14.3 Å². The summed E-state index contributed by atoms with van der Waals surface area (Å²) in [5.74, 6) is -2.12. The third kappa shape index (κ3) is 4.03. The van der Waals surface area contributed by atoms with Crippen LogP contribution in [0, 0.1) is 6.92 Å². The number of anilines is 1. The number of nitrogens with zero attached hydrogens (tertiary/aromatic N) is 3. The Morgan fingerprint density at radius 3 is 2.62 bits per heavy atom. The molecule has 1 N–H and O–H groups in total. The minimum Gasteiger partial charge on any atom is -0.507 e. The van der Waals surface area contributed by atoms with E-state index in [2.05, 4.69) is 9.97 Å². The highest BCUT2D eigenvalue weighted by molar-refractivity contribution is 7.17. The molecule has 0 spiro atoms. The lowest BCUT2D eigenvalue weighted by Crippen LogP contribution is -2.29. The number of hydrogen-bond donors (Lipinski definition) is 1. The predicted octanol–water partition coefficient (Wildman–Crippen LogP) is 3.66. The summed E-state index contributed by atoms with van der Waals surface area (Å²) in [5.41, 5.74) is 1.14. The third-order valence-corrected chi connectivity index (χ3v) is 6.38. The molecule has 1 unspecified atom stereocenters. The van der Waals surface area contributed by atoms with Crippen LogP contribution in [0.3, 0.4) is 0 Å². The van der Waals surface area contributed by atoms with Gasteiger partial charge in [0.2, 0.25) is 0 Å². The number of carbonyl (C=O) groups is 3. The first-order valence-electron chi connectivity index (χ1n) is 10.4. The van der Waals surface area contributed by atoms with Crippen LogP contribution in [0.1, 0.15) is 39.5 Å². The molecule has 34 heavy (non-hydrogen) atoms. The quantitative estimate of drug-likeness (QED) is 0.246. The van der Waals surface area contributed by atoms with Crippen LogP contribution in [0.4, 0.5) is 5.13 Å². The van der Waals surface area contributed by atoms with Crippen molar-refractivity contribution in [2.24, 2.45) is 0 Å². The minimum absolute atomic E-state index is 0.0997. The number of aromatic nitrogens is 2. The zero-order chi connectivity index (χ0) is 24.4. The van der Waals surface area contributed by atoms with Crippen molar-refractivity contribution in [2.45, 2.75) is 19.9 Å². The molecular weight excluding hydrogens is 458 g/mol. The molecule has 1 amide bonds. The smallest absolute Gasteiger partial charge is 0.350 e.